The van der Waals surface area contributed by atoms with Crippen molar-refractivity contribution >= 4 is 23.5 Å². The Morgan fingerprint density at radius 2 is 1.79 bits per heavy atom. The molecule has 0 atom stereocenters. The predicted molar refractivity (Wildman–Crippen MR) is 63.9 cm³/mol. The highest BCUT2D eigenvalue weighted by Gasteiger charge is 2.29. The molecule has 0 aliphatic rings. The molecular weight excluding hydrogens is 281 g/mol. The van der Waals surface area contributed by atoms with E-state index < -0.39 is 23.7 Å². The van der Waals surface area contributed by atoms with Crippen LogP contribution in [0.25, 0.3) is 0 Å². The maximum Gasteiger partial charge on any atom is 0.446 e. The number of Topliss-reactive ketones (excluding diaryl/α,β-unsaturated/α-hetero) is 1. The third kappa shape index (κ3) is 5.78. The van der Waals surface area contributed by atoms with Crippen LogP contribution in [0.3, 0.4) is 0 Å². The zero-order valence-electron chi connectivity index (χ0n) is 9.99. The number of carbonyl (C=O) groups is 2. The molecule has 0 heterocycles. The van der Waals surface area contributed by atoms with Crippen molar-refractivity contribution in [1.82, 2.24) is 0 Å². The number of hydrogen-bond acceptors (Lipinski definition) is 4. The molecule has 0 radical (unpaired) electrons. The van der Waals surface area contributed by atoms with Crippen LogP contribution < -0.4 is 0 Å². The van der Waals surface area contributed by atoms with Crippen LogP contribution in [0.2, 0.25) is 0 Å². The molecule has 1 aromatic carbocycles. The summed E-state index contributed by atoms with van der Waals surface area (Å²) in [6.45, 7) is 1.79. The standard InChI is InChI=1S/C12H11F3O3S/c1-2-18-11(17)7-10(16)8-3-5-9(6-4-8)19-12(13,14)15/h3-6H,2,7H2,1H3. The Bertz CT molecular complexity index is 454. The molecule has 104 valence electrons. The smallest absolute Gasteiger partial charge is 0.446 e. The minimum Gasteiger partial charge on any atom is -0.466 e. The molecule has 3 nitrogen and oxygen atoms in total. The second kappa shape index (κ2) is 6.60. The number of alkyl halides is 3. The Labute approximate surface area is 112 Å². The Kier molecular flexibility index (Phi) is 5.41. The lowest BCUT2D eigenvalue weighted by molar-refractivity contribution is -0.141. The topological polar surface area (TPSA) is 43.4 Å². The van der Waals surface area contributed by atoms with Gasteiger partial charge in [0.1, 0.15) is 6.42 Å². The molecule has 0 saturated carbocycles. The molecule has 0 aliphatic heterocycles. The van der Waals surface area contributed by atoms with Crippen LogP contribution in [0.1, 0.15) is 23.7 Å². The summed E-state index contributed by atoms with van der Waals surface area (Å²) in [4.78, 5) is 22.7. The van der Waals surface area contributed by atoms with Gasteiger partial charge in [-0.25, -0.2) is 0 Å². The Morgan fingerprint density at radius 1 is 1.21 bits per heavy atom. The summed E-state index contributed by atoms with van der Waals surface area (Å²) in [6, 6.07) is 4.90. The van der Waals surface area contributed by atoms with Crippen LogP contribution in [0, 0.1) is 0 Å². The molecule has 19 heavy (non-hydrogen) atoms. The molecule has 0 N–H and O–H groups in total. The van der Waals surface area contributed by atoms with Gasteiger partial charge in [0.2, 0.25) is 0 Å². The SMILES string of the molecule is CCOC(=O)CC(=O)c1ccc(SC(F)(F)F)cc1. The van der Waals surface area contributed by atoms with Gasteiger partial charge in [0, 0.05) is 10.5 Å². The highest BCUT2D eigenvalue weighted by molar-refractivity contribution is 8.00. The predicted octanol–water partition coefficient (Wildman–Crippen LogP) is 3.43. The van der Waals surface area contributed by atoms with E-state index in [0.29, 0.717) is 0 Å². The van der Waals surface area contributed by atoms with Gasteiger partial charge in [-0.3, -0.25) is 9.59 Å². The first kappa shape index (κ1) is 15.6. The van der Waals surface area contributed by atoms with Crippen molar-refractivity contribution < 1.29 is 27.5 Å². The van der Waals surface area contributed by atoms with Crippen molar-refractivity contribution in [3.05, 3.63) is 29.8 Å². The van der Waals surface area contributed by atoms with Gasteiger partial charge < -0.3 is 4.74 Å². The van der Waals surface area contributed by atoms with Crippen molar-refractivity contribution in [1.29, 1.82) is 0 Å². The molecule has 0 fully saturated rings. The van der Waals surface area contributed by atoms with Crippen LogP contribution in [0.15, 0.2) is 29.2 Å². The minimum atomic E-state index is -4.36. The lowest BCUT2D eigenvalue weighted by atomic mass is 10.1. The first-order valence-corrected chi connectivity index (χ1v) is 6.18. The summed E-state index contributed by atoms with van der Waals surface area (Å²) in [7, 11) is 0. The lowest BCUT2D eigenvalue weighted by Crippen LogP contribution is -2.11. The van der Waals surface area contributed by atoms with Gasteiger partial charge in [-0.1, -0.05) is 12.1 Å². The number of halogens is 3. The van der Waals surface area contributed by atoms with Crippen molar-refractivity contribution in [2.75, 3.05) is 6.61 Å². The van der Waals surface area contributed by atoms with Crippen LogP contribution in [0.4, 0.5) is 13.2 Å². The summed E-state index contributed by atoms with van der Waals surface area (Å²) in [6.07, 6.45) is -0.417. The van der Waals surface area contributed by atoms with Gasteiger partial charge in [-0.05, 0) is 30.8 Å². The lowest BCUT2D eigenvalue weighted by Gasteiger charge is -2.06. The second-order valence-corrected chi connectivity index (χ2v) is 4.62. The highest BCUT2D eigenvalue weighted by Crippen LogP contribution is 2.36. The van der Waals surface area contributed by atoms with Gasteiger partial charge >= 0.3 is 11.5 Å². The van der Waals surface area contributed by atoms with Crippen molar-refractivity contribution in [3.63, 3.8) is 0 Å². The fourth-order valence-electron chi connectivity index (χ4n) is 1.29. The summed E-state index contributed by atoms with van der Waals surface area (Å²) in [5.41, 5.74) is -4.18. The first-order chi connectivity index (χ1) is 8.81. The molecule has 1 rings (SSSR count). The number of benzene rings is 1. The van der Waals surface area contributed by atoms with Gasteiger partial charge in [-0.15, -0.1) is 0 Å². The van der Waals surface area contributed by atoms with E-state index in [1.807, 2.05) is 0 Å². The van der Waals surface area contributed by atoms with E-state index in [9.17, 15) is 22.8 Å². The van der Waals surface area contributed by atoms with E-state index >= 15 is 0 Å². The molecule has 0 saturated heterocycles. The van der Waals surface area contributed by atoms with E-state index in [1.165, 1.54) is 24.3 Å². The number of hydrogen-bond donors (Lipinski definition) is 0. The zero-order chi connectivity index (χ0) is 14.5. The molecule has 1 aromatic rings. The molecule has 0 unspecified atom stereocenters. The quantitative estimate of drug-likeness (QED) is 0.361. The van der Waals surface area contributed by atoms with Crippen LogP contribution >= 0.6 is 11.8 Å². The van der Waals surface area contributed by atoms with Gasteiger partial charge in [0.15, 0.2) is 5.78 Å². The highest BCUT2D eigenvalue weighted by atomic mass is 32.2. The maximum absolute atomic E-state index is 12.1. The number of ether oxygens (including phenoxy) is 1. The number of carbonyl (C=O) groups excluding carboxylic acids is 2. The van der Waals surface area contributed by atoms with Crippen LogP contribution in [-0.4, -0.2) is 23.9 Å². The maximum atomic E-state index is 12.1. The molecule has 0 aliphatic carbocycles. The monoisotopic (exact) mass is 292 g/mol. The fraction of sp³-hybridized carbons (Fsp3) is 0.333. The number of thioether (sulfide) groups is 1. The molecule has 0 bridgehead atoms. The van der Waals surface area contributed by atoms with Gasteiger partial charge in [0.25, 0.3) is 0 Å². The first-order valence-electron chi connectivity index (χ1n) is 5.36. The van der Waals surface area contributed by atoms with Crippen molar-refractivity contribution in [3.8, 4) is 0 Å². The van der Waals surface area contributed by atoms with E-state index in [4.69, 9.17) is 0 Å². The zero-order valence-corrected chi connectivity index (χ0v) is 10.8. The Balaban J connectivity index is 2.66. The summed E-state index contributed by atoms with van der Waals surface area (Å²) < 4.78 is 40.9. The van der Waals surface area contributed by atoms with Gasteiger partial charge in [-0.2, -0.15) is 13.2 Å². The Morgan fingerprint density at radius 3 is 2.26 bits per heavy atom. The largest absolute Gasteiger partial charge is 0.466 e. The van der Waals surface area contributed by atoms with Crippen molar-refractivity contribution in [2.24, 2.45) is 0 Å². The number of ketones is 1. The average Bonchev–Trinajstić information content (AvgIpc) is 2.27. The van der Waals surface area contributed by atoms with E-state index in [0.717, 1.165) is 0 Å². The molecular formula is C12H11F3O3S. The van der Waals surface area contributed by atoms with E-state index in [2.05, 4.69) is 4.74 Å². The summed E-state index contributed by atoms with van der Waals surface area (Å²) in [5.74, 6) is -1.14. The fourth-order valence-corrected chi connectivity index (χ4v) is 1.83. The third-order valence-corrected chi connectivity index (χ3v) is 2.76. The second-order valence-electron chi connectivity index (χ2n) is 3.48. The third-order valence-electron chi connectivity index (χ3n) is 2.02. The molecule has 0 aromatic heterocycles. The normalized spacial score (nSPS) is 11.2. The molecule has 0 spiro atoms. The molecule has 0 amide bonds. The average molecular weight is 292 g/mol. The number of esters is 1. The van der Waals surface area contributed by atoms with Crippen molar-refractivity contribution in [2.45, 2.75) is 23.7 Å². The Hall–Kier alpha value is -1.50. The summed E-state index contributed by atoms with van der Waals surface area (Å²) >= 11 is -0.260. The molecule has 7 heteroatoms. The van der Waals surface area contributed by atoms with Crippen LogP contribution in [-0.2, 0) is 9.53 Å². The number of rotatable bonds is 5. The van der Waals surface area contributed by atoms with Crippen LogP contribution in [0.5, 0.6) is 0 Å². The van der Waals surface area contributed by atoms with Gasteiger partial charge in [0.05, 0.1) is 6.61 Å². The van der Waals surface area contributed by atoms with E-state index in [1.54, 1.807) is 6.92 Å². The van der Waals surface area contributed by atoms with E-state index in [-0.39, 0.29) is 28.8 Å². The minimum absolute atomic E-state index is 0.0137. The summed E-state index contributed by atoms with van der Waals surface area (Å²) in [5, 5.41) is 0.